The van der Waals surface area contributed by atoms with Crippen LogP contribution < -0.4 is 5.73 Å². The maximum absolute atomic E-state index is 12.6. The number of rotatable bonds is 3. The lowest BCUT2D eigenvalue weighted by Crippen LogP contribution is -2.09. The Hall–Kier alpha value is -2.24. The van der Waals surface area contributed by atoms with Crippen molar-refractivity contribution in [2.24, 2.45) is 5.73 Å². The molecule has 22 heavy (non-hydrogen) atoms. The Labute approximate surface area is 128 Å². The van der Waals surface area contributed by atoms with Crippen molar-refractivity contribution in [2.75, 3.05) is 0 Å². The van der Waals surface area contributed by atoms with Crippen LogP contribution in [0.4, 0.5) is 4.39 Å². The van der Waals surface area contributed by atoms with Crippen LogP contribution in [0.2, 0.25) is 0 Å². The van der Waals surface area contributed by atoms with Gasteiger partial charge >= 0.3 is 5.97 Å². The van der Waals surface area contributed by atoms with Gasteiger partial charge in [-0.2, -0.15) is 0 Å². The number of hydrogen-bond donors (Lipinski definition) is 3. The van der Waals surface area contributed by atoms with E-state index in [9.17, 15) is 9.18 Å². The van der Waals surface area contributed by atoms with E-state index in [4.69, 9.17) is 15.9 Å². The number of aliphatic hydroxyl groups is 1. The molecule has 0 aliphatic heterocycles. The van der Waals surface area contributed by atoms with Crippen molar-refractivity contribution >= 4 is 5.97 Å². The van der Waals surface area contributed by atoms with Crippen molar-refractivity contribution in [3.63, 3.8) is 0 Å². The maximum atomic E-state index is 12.6. The third-order valence-electron chi connectivity index (χ3n) is 3.47. The first-order valence-electron chi connectivity index (χ1n) is 6.96. The van der Waals surface area contributed by atoms with E-state index in [1.54, 1.807) is 42.5 Å². The first-order valence-corrected chi connectivity index (χ1v) is 6.96. The number of carboxylic acid groups (broad SMARTS) is 1. The average Bonchev–Trinajstić information content (AvgIpc) is 3.25. The highest BCUT2D eigenvalue weighted by Crippen LogP contribution is 2.38. The Morgan fingerprint density at radius 1 is 1.18 bits per heavy atom. The first kappa shape index (κ1) is 16.1. The molecule has 1 aliphatic rings. The van der Waals surface area contributed by atoms with Crippen molar-refractivity contribution < 1.29 is 19.4 Å². The van der Waals surface area contributed by atoms with Gasteiger partial charge in [-0.25, -0.2) is 9.18 Å². The quantitative estimate of drug-likeness (QED) is 0.813. The standard InChI is InChI=1S/C9H10FN.C8H8O3/c10-7-3-1-2-6(4-7)8-5-9(8)11;9-7(8(10)11)6-4-2-1-3-5-6/h1-4,8-9H,5,11H2;1-5,7,9H,(H,10,11)/t8-,9+;7-/m00/s1. The highest BCUT2D eigenvalue weighted by atomic mass is 19.1. The summed E-state index contributed by atoms with van der Waals surface area (Å²) in [6.45, 7) is 0. The lowest BCUT2D eigenvalue weighted by atomic mass is 10.1. The van der Waals surface area contributed by atoms with E-state index < -0.39 is 12.1 Å². The molecule has 3 atom stereocenters. The monoisotopic (exact) mass is 303 g/mol. The van der Waals surface area contributed by atoms with Crippen LogP contribution in [-0.4, -0.2) is 22.2 Å². The largest absolute Gasteiger partial charge is 0.479 e. The number of halogens is 1. The molecule has 0 radical (unpaired) electrons. The van der Waals surface area contributed by atoms with Gasteiger partial charge < -0.3 is 15.9 Å². The molecule has 4 N–H and O–H groups in total. The average molecular weight is 303 g/mol. The summed E-state index contributed by atoms with van der Waals surface area (Å²) in [6, 6.07) is 15.2. The summed E-state index contributed by atoms with van der Waals surface area (Å²) in [5.41, 5.74) is 7.07. The molecule has 0 heterocycles. The summed E-state index contributed by atoms with van der Waals surface area (Å²) < 4.78 is 12.6. The third-order valence-corrected chi connectivity index (χ3v) is 3.47. The number of hydrogen-bond acceptors (Lipinski definition) is 3. The van der Waals surface area contributed by atoms with Crippen LogP contribution in [0, 0.1) is 5.82 Å². The lowest BCUT2D eigenvalue weighted by molar-refractivity contribution is -0.146. The molecule has 1 fully saturated rings. The molecular weight excluding hydrogens is 285 g/mol. The Morgan fingerprint density at radius 2 is 1.82 bits per heavy atom. The molecular formula is C17H18FNO3. The van der Waals surface area contributed by atoms with Crippen LogP contribution in [0.15, 0.2) is 54.6 Å². The molecule has 0 unspecified atom stereocenters. The lowest BCUT2D eigenvalue weighted by Gasteiger charge is -2.03. The van der Waals surface area contributed by atoms with E-state index in [-0.39, 0.29) is 11.9 Å². The molecule has 1 aliphatic carbocycles. The Kier molecular flexibility index (Phi) is 5.25. The van der Waals surface area contributed by atoms with Gasteiger partial charge in [0.05, 0.1) is 0 Å². The first-order chi connectivity index (χ1) is 10.5. The predicted octanol–water partition coefficient (Wildman–Crippen LogP) is 2.44. The fourth-order valence-electron chi connectivity index (χ4n) is 2.11. The Balaban J connectivity index is 0.000000160. The van der Waals surface area contributed by atoms with Gasteiger partial charge in [0.25, 0.3) is 0 Å². The van der Waals surface area contributed by atoms with Gasteiger partial charge in [0, 0.05) is 12.0 Å². The maximum Gasteiger partial charge on any atom is 0.337 e. The van der Waals surface area contributed by atoms with Crippen LogP contribution in [0.3, 0.4) is 0 Å². The van der Waals surface area contributed by atoms with Crippen molar-refractivity contribution in [3.05, 3.63) is 71.5 Å². The molecule has 4 nitrogen and oxygen atoms in total. The molecule has 0 saturated heterocycles. The minimum Gasteiger partial charge on any atom is -0.479 e. The number of carbonyl (C=O) groups is 1. The van der Waals surface area contributed by atoms with Crippen LogP contribution in [0.5, 0.6) is 0 Å². The number of aliphatic hydroxyl groups excluding tert-OH is 1. The second-order valence-electron chi connectivity index (χ2n) is 5.21. The normalized spacial score (nSPS) is 20.5. The van der Waals surface area contributed by atoms with Gasteiger partial charge in [0.2, 0.25) is 0 Å². The second-order valence-corrected chi connectivity index (χ2v) is 5.21. The zero-order valence-electron chi connectivity index (χ0n) is 11.9. The van der Waals surface area contributed by atoms with Gasteiger partial charge in [-0.1, -0.05) is 42.5 Å². The molecule has 2 aromatic rings. The SMILES string of the molecule is N[C@@H]1C[C@H]1c1cccc(F)c1.O=C(O)[C@@H](O)c1ccccc1. The van der Waals surface area contributed by atoms with E-state index in [0.717, 1.165) is 12.0 Å². The highest BCUT2D eigenvalue weighted by molar-refractivity contribution is 5.73. The summed E-state index contributed by atoms with van der Waals surface area (Å²) >= 11 is 0. The number of nitrogens with two attached hydrogens (primary N) is 1. The molecule has 0 bridgehead atoms. The van der Waals surface area contributed by atoms with Crippen molar-refractivity contribution in [2.45, 2.75) is 24.5 Å². The number of aliphatic carboxylic acids is 1. The summed E-state index contributed by atoms with van der Waals surface area (Å²) in [4.78, 5) is 10.2. The fourth-order valence-corrected chi connectivity index (χ4v) is 2.11. The van der Waals surface area contributed by atoms with Crippen molar-refractivity contribution in [1.82, 2.24) is 0 Å². The predicted molar refractivity (Wildman–Crippen MR) is 80.8 cm³/mol. The highest BCUT2D eigenvalue weighted by Gasteiger charge is 2.34. The topological polar surface area (TPSA) is 83.6 Å². The minimum atomic E-state index is -1.41. The molecule has 1 saturated carbocycles. The Bertz CT molecular complexity index is 633. The van der Waals surface area contributed by atoms with E-state index >= 15 is 0 Å². The molecule has 3 rings (SSSR count). The van der Waals surface area contributed by atoms with Crippen molar-refractivity contribution in [1.29, 1.82) is 0 Å². The third kappa shape index (κ3) is 4.38. The van der Waals surface area contributed by atoms with Crippen LogP contribution in [0.25, 0.3) is 0 Å². The minimum absolute atomic E-state index is 0.165. The van der Waals surface area contributed by atoms with Gasteiger partial charge in [-0.3, -0.25) is 0 Å². The second kappa shape index (κ2) is 7.15. The van der Waals surface area contributed by atoms with Crippen LogP contribution >= 0.6 is 0 Å². The Morgan fingerprint density at radius 3 is 2.32 bits per heavy atom. The zero-order valence-corrected chi connectivity index (χ0v) is 11.9. The fraction of sp³-hybridized carbons (Fsp3) is 0.235. The van der Waals surface area contributed by atoms with Crippen LogP contribution in [0.1, 0.15) is 29.6 Å². The van der Waals surface area contributed by atoms with E-state index in [1.165, 1.54) is 6.07 Å². The number of carboxylic acids is 1. The summed E-state index contributed by atoms with van der Waals surface area (Å²) in [5, 5.41) is 17.4. The van der Waals surface area contributed by atoms with Gasteiger partial charge in [0.15, 0.2) is 6.10 Å². The molecule has 5 heteroatoms. The molecule has 0 spiro atoms. The molecule has 0 aromatic heterocycles. The zero-order chi connectivity index (χ0) is 16.1. The summed E-state index contributed by atoms with van der Waals surface area (Å²) in [6.07, 6.45) is -0.403. The molecule has 0 amide bonds. The molecule has 2 aromatic carbocycles. The van der Waals surface area contributed by atoms with E-state index in [1.807, 2.05) is 6.07 Å². The van der Waals surface area contributed by atoms with Crippen LogP contribution in [-0.2, 0) is 4.79 Å². The van der Waals surface area contributed by atoms with Gasteiger partial charge in [-0.05, 0) is 29.7 Å². The van der Waals surface area contributed by atoms with Gasteiger partial charge in [0.1, 0.15) is 5.82 Å². The number of benzene rings is 2. The van der Waals surface area contributed by atoms with E-state index in [2.05, 4.69) is 0 Å². The smallest absolute Gasteiger partial charge is 0.337 e. The molecule has 116 valence electrons. The summed E-state index contributed by atoms with van der Waals surface area (Å²) in [7, 11) is 0. The van der Waals surface area contributed by atoms with Gasteiger partial charge in [-0.15, -0.1) is 0 Å². The van der Waals surface area contributed by atoms with E-state index in [0.29, 0.717) is 11.5 Å². The summed E-state index contributed by atoms with van der Waals surface area (Å²) in [5.74, 6) is -0.983. The van der Waals surface area contributed by atoms with Crippen molar-refractivity contribution in [3.8, 4) is 0 Å².